The lowest BCUT2D eigenvalue weighted by Gasteiger charge is -2.03. The van der Waals surface area contributed by atoms with Crippen LogP contribution < -0.4 is 0 Å². The second kappa shape index (κ2) is 3.25. The van der Waals surface area contributed by atoms with Gasteiger partial charge in [-0.2, -0.15) is 0 Å². The maximum Gasteiger partial charge on any atom is 0.120 e. The maximum absolute atomic E-state index is 3.66. The average Bonchev–Trinajstić information content (AvgIpc) is 2.05. The van der Waals surface area contributed by atoms with Crippen molar-refractivity contribution in [1.29, 1.82) is 0 Å². The van der Waals surface area contributed by atoms with E-state index in [-0.39, 0.29) is 0 Å². The van der Waals surface area contributed by atoms with E-state index in [1.807, 2.05) is 0 Å². The third-order valence-electron chi connectivity index (χ3n) is 1.62. The monoisotopic (exact) mass is 136 g/mol. The van der Waals surface area contributed by atoms with Crippen LogP contribution in [-0.2, 0) is 0 Å². The van der Waals surface area contributed by atoms with E-state index >= 15 is 0 Å². The van der Waals surface area contributed by atoms with Gasteiger partial charge in [0, 0.05) is 5.56 Å². The van der Waals surface area contributed by atoms with Gasteiger partial charge >= 0.3 is 0 Å². The van der Waals surface area contributed by atoms with Crippen LogP contribution in [0.15, 0.2) is 6.20 Å². The van der Waals surface area contributed by atoms with Gasteiger partial charge in [-0.15, -0.1) is 10.2 Å². The average molecular weight is 136 g/mol. The molecule has 53 valence electrons. The molecule has 0 saturated carbocycles. The maximum atomic E-state index is 3.66. The highest BCUT2D eigenvalue weighted by molar-refractivity contribution is 5.05. The number of rotatable bonds is 2. The first-order valence-electron chi connectivity index (χ1n) is 3.40. The minimum absolute atomic E-state index is 0.489. The largest absolute Gasteiger partial charge is 0.138 e. The van der Waals surface area contributed by atoms with E-state index in [4.69, 9.17) is 0 Å². The molecule has 0 aromatic carbocycles. The Hall–Kier alpha value is -0.990. The fraction of sp³-hybridized carbons (Fsp3) is 0.571. The predicted octanol–water partition coefficient (Wildman–Crippen LogP) is 1.19. The van der Waals surface area contributed by atoms with Gasteiger partial charge in [-0.3, -0.25) is 0 Å². The van der Waals surface area contributed by atoms with Crippen LogP contribution in [0.5, 0.6) is 0 Å². The van der Waals surface area contributed by atoms with Crippen LogP contribution in [-0.4, -0.2) is 15.4 Å². The molecular formula is C7H10N3. The summed E-state index contributed by atoms with van der Waals surface area (Å²) in [6.45, 7) is 4.24. The van der Waals surface area contributed by atoms with Gasteiger partial charge in [0.15, 0.2) is 0 Å². The quantitative estimate of drug-likeness (QED) is 0.613. The highest BCUT2D eigenvalue weighted by Crippen LogP contribution is 2.14. The minimum atomic E-state index is 0.489. The lowest BCUT2D eigenvalue weighted by atomic mass is 10.0. The summed E-state index contributed by atoms with van der Waals surface area (Å²) in [5.74, 6) is 0.489. The number of hydrogen-bond donors (Lipinski definition) is 0. The summed E-state index contributed by atoms with van der Waals surface area (Å²) in [6.07, 6.45) is 5.59. The Bertz CT molecular complexity index is 185. The molecule has 0 N–H and O–H groups in total. The van der Waals surface area contributed by atoms with Gasteiger partial charge in [0.2, 0.25) is 0 Å². The molecule has 0 aliphatic heterocycles. The molecular weight excluding hydrogens is 126 g/mol. The summed E-state index contributed by atoms with van der Waals surface area (Å²) in [4.78, 5) is 0. The van der Waals surface area contributed by atoms with Gasteiger partial charge in [0.05, 0.1) is 6.20 Å². The van der Waals surface area contributed by atoms with Crippen LogP contribution in [0.4, 0.5) is 0 Å². The smallest absolute Gasteiger partial charge is 0.120 e. The molecule has 1 atom stereocenters. The summed E-state index contributed by atoms with van der Waals surface area (Å²) < 4.78 is 0. The van der Waals surface area contributed by atoms with E-state index in [2.05, 4.69) is 35.5 Å². The van der Waals surface area contributed by atoms with E-state index in [9.17, 15) is 0 Å². The molecule has 0 amide bonds. The molecule has 3 heteroatoms. The van der Waals surface area contributed by atoms with Gasteiger partial charge in [-0.25, -0.2) is 0 Å². The molecule has 1 unspecified atom stereocenters. The Morgan fingerprint density at radius 2 is 2.50 bits per heavy atom. The Morgan fingerprint density at radius 1 is 1.70 bits per heavy atom. The lowest BCUT2D eigenvalue weighted by Crippen LogP contribution is -1.95. The van der Waals surface area contributed by atoms with E-state index in [0.717, 1.165) is 12.0 Å². The fourth-order valence-electron chi connectivity index (χ4n) is 0.680. The molecule has 0 fully saturated rings. The topological polar surface area (TPSA) is 38.7 Å². The van der Waals surface area contributed by atoms with Crippen molar-refractivity contribution < 1.29 is 0 Å². The lowest BCUT2D eigenvalue weighted by molar-refractivity contribution is 0.703. The first-order chi connectivity index (χ1) is 4.84. The Labute approximate surface area is 60.5 Å². The van der Waals surface area contributed by atoms with Crippen molar-refractivity contribution in [2.24, 2.45) is 0 Å². The third-order valence-corrected chi connectivity index (χ3v) is 1.62. The van der Waals surface area contributed by atoms with Gasteiger partial charge in [0.1, 0.15) is 6.20 Å². The van der Waals surface area contributed by atoms with Crippen molar-refractivity contribution in [2.45, 2.75) is 26.2 Å². The van der Waals surface area contributed by atoms with Crippen molar-refractivity contribution in [2.75, 3.05) is 0 Å². The molecule has 10 heavy (non-hydrogen) atoms. The molecule has 1 aromatic heterocycles. The zero-order valence-electron chi connectivity index (χ0n) is 6.20. The number of nitrogens with zero attached hydrogens (tertiary/aromatic N) is 3. The zero-order valence-corrected chi connectivity index (χ0v) is 6.20. The minimum Gasteiger partial charge on any atom is -0.138 e. The second-order valence-corrected chi connectivity index (χ2v) is 2.31. The Balaban J connectivity index is 2.75. The first-order valence-corrected chi connectivity index (χ1v) is 3.40. The molecule has 0 aliphatic carbocycles. The molecule has 1 heterocycles. The van der Waals surface area contributed by atoms with E-state index in [1.54, 1.807) is 6.20 Å². The van der Waals surface area contributed by atoms with Crippen molar-refractivity contribution in [3.63, 3.8) is 0 Å². The van der Waals surface area contributed by atoms with Gasteiger partial charge in [-0.1, -0.05) is 13.8 Å². The van der Waals surface area contributed by atoms with Gasteiger partial charge < -0.3 is 0 Å². The van der Waals surface area contributed by atoms with Gasteiger partial charge in [0.25, 0.3) is 0 Å². The molecule has 1 rings (SSSR count). The molecule has 0 spiro atoms. The van der Waals surface area contributed by atoms with Crippen LogP contribution in [0.3, 0.4) is 0 Å². The van der Waals surface area contributed by atoms with Crippen LogP contribution >= 0.6 is 0 Å². The standard InChI is InChI=1S/C7H10N3/c1-3-6(2)7-4-8-10-9-5-7/h4,6H,3H2,1-2H3. The summed E-state index contributed by atoms with van der Waals surface area (Å²) in [7, 11) is 0. The molecule has 0 saturated heterocycles. The van der Waals surface area contributed by atoms with Gasteiger partial charge in [-0.05, 0) is 17.6 Å². The van der Waals surface area contributed by atoms with Crippen LogP contribution in [0.2, 0.25) is 0 Å². The summed E-state index contributed by atoms with van der Waals surface area (Å²) >= 11 is 0. The first kappa shape index (κ1) is 7.12. The summed E-state index contributed by atoms with van der Waals surface area (Å²) in [5.41, 5.74) is 1.04. The van der Waals surface area contributed by atoms with Crippen LogP contribution in [0.25, 0.3) is 0 Å². The molecule has 1 radical (unpaired) electrons. The molecule has 3 nitrogen and oxygen atoms in total. The van der Waals surface area contributed by atoms with Crippen LogP contribution in [0, 0.1) is 6.20 Å². The van der Waals surface area contributed by atoms with E-state index in [0.29, 0.717) is 5.92 Å². The molecule has 0 aliphatic rings. The number of aromatic nitrogens is 3. The van der Waals surface area contributed by atoms with Crippen molar-refractivity contribution in [3.8, 4) is 0 Å². The molecule has 1 aromatic rings. The van der Waals surface area contributed by atoms with Crippen LogP contribution in [0.1, 0.15) is 31.7 Å². The third kappa shape index (κ3) is 1.50. The van der Waals surface area contributed by atoms with E-state index < -0.39 is 0 Å². The zero-order chi connectivity index (χ0) is 7.40. The van der Waals surface area contributed by atoms with Crippen molar-refractivity contribution >= 4 is 0 Å². The molecule has 0 bridgehead atoms. The SMILES string of the molecule is CCC(C)c1[c]nnnc1. The Morgan fingerprint density at radius 3 is 3.00 bits per heavy atom. The van der Waals surface area contributed by atoms with Crippen molar-refractivity contribution in [1.82, 2.24) is 15.4 Å². The highest BCUT2D eigenvalue weighted by Gasteiger charge is 2.02. The Kier molecular flexibility index (Phi) is 2.31. The second-order valence-electron chi connectivity index (χ2n) is 2.31. The van der Waals surface area contributed by atoms with E-state index in [1.165, 1.54) is 0 Å². The highest BCUT2D eigenvalue weighted by atomic mass is 15.3. The number of hydrogen-bond acceptors (Lipinski definition) is 3. The fourth-order valence-corrected chi connectivity index (χ4v) is 0.680. The normalized spacial score (nSPS) is 13.0. The summed E-state index contributed by atoms with van der Waals surface area (Å²) in [6, 6.07) is 0. The predicted molar refractivity (Wildman–Crippen MR) is 37.4 cm³/mol. The summed E-state index contributed by atoms with van der Waals surface area (Å²) in [5, 5.41) is 10.6. The van der Waals surface area contributed by atoms with Crippen molar-refractivity contribution in [3.05, 3.63) is 18.0 Å².